The lowest BCUT2D eigenvalue weighted by molar-refractivity contribution is 0.147. The highest BCUT2D eigenvalue weighted by Gasteiger charge is 2.28. The molecule has 2 aliphatic rings. The number of hydrogen-bond donors (Lipinski definition) is 2. The van der Waals surface area contributed by atoms with E-state index in [1.54, 1.807) is 0 Å². The number of nitrogens with zero attached hydrogens (tertiary/aromatic N) is 6. The summed E-state index contributed by atoms with van der Waals surface area (Å²) in [6, 6.07) is 14.3. The van der Waals surface area contributed by atoms with Crippen molar-refractivity contribution in [3.05, 3.63) is 81.7 Å². The molecule has 9 nitrogen and oxygen atoms in total. The minimum atomic E-state index is -0.0511. The molecule has 2 fully saturated rings. The SMILES string of the molecule is CCN(c1cc(-c2ccc(CN3CCN(C)CC3)nc2)cc2c(NCc3c(C)cc(C)[nH]c3=O)nccc12)C1CCC(N(C)C)CC1. The first-order chi connectivity index (χ1) is 22.7. The Balaban J connectivity index is 1.36. The van der Waals surface area contributed by atoms with Crippen LogP contribution in [0.15, 0.2) is 53.6 Å². The molecular formula is C38H52N8O. The van der Waals surface area contributed by atoms with Crippen molar-refractivity contribution in [2.75, 3.05) is 64.1 Å². The van der Waals surface area contributed by atoms with Gasteiger partial charge in [0.15, 0.2) is 0 Å². The van der Waals surface area contributed by atoms with Crippen LogP contribution in [0, 0.1) is 13.8 Å². The van der Waals surface area contributed by atoms with Crippen LogP contribution in [-0.4, -0.2) is 95.6 Å². The van der Waals surface area contributed by atoms with Crippen molar-refractivity contribution in [2.24, 2.45) is 0 Å². The molecule has 9 heteroatoms. The van der Waals surface area contributed by atoms with E-state index in [2.05, 4.69) is 88.3 Å². The van der Waals surface area contributed by atoms with E-state index in [0.717, 1.165) is 84.1 Å². The van der Waals surface area contributed by atoms with Crippen molar-refractivity contribution in [1.29, 1.82) is 0 Å². The number of aromatic nitrogens is 3. The van der Waals surface area contributed by atoms with Crippen molar-refractivity contribution in [1.82, 2.24) is 29.7 Å². The average molecular weight is 637 g/mol. The molecule has 0 bridgehead atoms. The minimum absolute atomic E-state index is 0.0511. The van der Waals surface area contributed by atoms with Gasteiger partial charge in [-0.2, -0.15) is 0 Å². The number of rotatable bonds is 10. The van der Waals surface area contributed by atoms with Gasteiger partial charge in [0.1, 0.15) is 5.82 Å². The highest BCUT2D eigenvalue weighted by Crippen LogP contribution is 2.39. The third-order valence-corrected chi connectivity index (χ3v) is 10.4. The van der Waals surface area contributed by atoms with E-state index in [0.29, 0.717) is 18.6 Å². The quantitative estimate of drug-likeness (QED) is 0.231. The maximum absolute atomic E-state index is 12.8. The van der Waals surface area contributed by atoms with Crippen molar-refractivity contribution >= 4 is 22.3 Å². The van der Waals surface area contributed by atoms with E-state index >= 15 is 0 Å². The van der Waals surface area contributed by atoms with E-state index in [4.69, 9.17) is 9.97 Å². The predicted octanol–water partition coefficient (Wildman–Crippen LogP) is 5.66. The second-order valence-corrected chi connectivity index (χ2v) is 13.9. The number of aryl methyl sites for hydroxylation is 2. The second-order valence-electron chi connectivity index (χ2n) is 13.9. The predicted molar refractivity (Wildman–Crippen MR) is 194 cm³/mol. The van der Waals surface area contributed by atoms with Crippen LogP contribution < -0.4 is 15.8 Å². The topological polar surface area (TPSA) is 83.6 Å². The van der Waals surface area contributed by atoms with E-state index < -0.39 is 0 Å². The van der Waals surface area contributed by atoms with Gasteiger partial charge < -0.3 is 25.0 Å². The Morgan fingerprint density at radius 1 is 0.915 bits per heavy atom. The van der Waals surface area contributed by atoms with Gasteiger partial charge in [-0.25, -0.2) is 4.98 Å². The number of pyridine rings is 3. The molecule has 1 aliphatic carbocycles. The van der Waals surface area contributed by atoms with Gasteiger partial charge in [-0.3, -0.25) is 14.7 Å². The fourth-order valence-electron chi connectivity index (χ4n) is 7.52. The molecule has 250 valence electrons. The number of aromatic amines is 1. The molecule has 0 spiro atoms. The molecule has 0 unspecified atom stereocenters. The van der Waals surface area contributed by atoms with Crippen LogP contribution in [0.5, 0.6) is 0 Å². The van der Waals surface area contributed by atoms with Crippen LogP contribution in [0.4, 0.5) is 11.5 Å². The first kappa shape index (κ1) is 33.1. The number of fused-ring (bicyclic) bond motifs is 1. The molecule has 0 amide bonds. The molecular weight excluding hydrogens is 584 g/mol. The highest BCUT2D eigenvalue weighted by molar-refractivity contribution is 6.03. The lowest BCUT2D eigenvalue weighted by Crippen LogP contribution is -2.43. The van der Waals surface area contributed by atoms with Gasteiger partial charge in [0, 0.05) is 104 Å². The van der Waals surface area contributed by atoms with Crippen molar-refractivity contribution in [2.45, 2.75) is 71.6 Å². The largest absolute Gasteiger partial charge is 0.368 e. The Morgan fingerprint density at radius 3 is 2.32 bits per heavy atom. The fraction of sp³-hybridized carbons (Fsp3) is 0.500. The van der Waals surface area contributed by atoms with Crippen LogP contribution in [0.3, 0.4) is 0 Å². The van der Waals surface area contributed by atoms with Gasteiger partial charge in [0.2, 0.25) is 0 Å². The van der Waals surface area contributed by atoms with E-state index in [1.807, 2.05) is 32.3 Å². The molecule has 1 aliphatic heterocycles. The molecule has 1 saturated heterocycles. The summed E-state index contributed by atoms with van der Waals surface area (Å²) in [6.45, 7) is 12.8. The van der Waals surface area contributed by atoms with Gasteiger partial charge in [-0.1, -0.05) is 6.07 Å². The first-order valence-electron chi connectivity index (χ1n) is 17.4. The molecule has 0 radical (unpaired) electrons. The third kappa shape index (κ3) is 7.53. The fourth-order valence-corrected chi connectivity index (χ4v) is 7.52. The number of benzene rings is 1. The Labute approximate surface area is 280 Å². The molecule has 4 aromatic rings. The van der Waals surface area contributed by atoms with E-state index in [-0.39, 0.29) is 5.56 Å². The molecule has 1 aromatic carbocycles. The lowest BCUT2D eigenvalue weighted by atomic mass is 9.88. The zero-order valence-electron chi connectivity index (χ0n) is 29.1. The summed E-state index contributed by atoms with van der Waals surface area (Å²) in [5.41, 5.74) is 7.11. The lowest BCUT2D eigenvalue weighted by Gasteiger charge is -2.40. The maximum atomic E-state index is 12.8. The van der Waals surface area contributed by atoms with Gasteiger partial charge >= 0.3 is 0 Å². The summed E-state index contributed by atoms with van der Waals surface area (Å²) in [7, 11) is 6.60. The van der Waals surface area contributed by atoms with Gasteiger partial charge in [0.05, 0.1) is 5.69 Å². The maximum Gasteiger partial charge on any atom is 0.253 e. The molecule has 47 heavy (non-hydrogen) atoms. The molecule has 4 heterocycles. The average Bonchev–Trinajstić information content (AvgIpc) is 3.06. The van der Waals surface area contributed by atoms with Crippen LogP contribution >= 0.6 is 0 Å². The molecule has 3 aromatic heterocycles. The zero-order valence-corrected chi connectivity index (χ0v) is 29.1. The van der Waals surface area contributed by atoms with Crippen LogP contribution in [0.1, 0.15) is 55.1 Å². The summed E-state index contributed by atoms with van der Waals surface area (Å²) < 4.78 is 0. The summed E-state index contributed by atoms with van der Waals surface area (Å²) >= 11 is 0. The van der Waals surface area contributed by atoms with Crippen molar-refractivity contribution in [3.8, 4) is 11.1 Å². The zero-order chi connectivity index (χ0) is 33.1. The van der Waals surface area contributed by atoms with Crippen LogP contribution in [0.25, 0.3) is 21.9 Å². The third-order valence-electron chi connectivity index (χ3n) is 10.4. The Bertz CT molecular complexity index is 1720. The number of likely N-dealkylation sites (N-methyl/N-ethyl adjacent to an activating group) is 1. The number of nitrogens with one attached hydrogen (secondary N) is 2. The van der Waals surface area contributed by atoms with Crippen LogP contribution in [0.2, 0.25) is 0 Å². The monoisotopic (exact) mass is 636 g/mol. The van der Waals surface area contributed by atoms with E-state index in [9.17, 15) is 4.79 Å². The van der Waals surface area contributed by atoms with Gasteiger partial charge in [-0.05, 0) is 109 Å². The van der Waals surface area contributed by atoms with E-state index in [1.165, 1.54) is 36.8 Å². The Morgan fingerprint density at radius 2 is 1.66 bits per heavy atom. The molecule has 0 atom stereocenters. The number of piperazine rings is 1. The summed E-state index contributed by atoms with van der Waals surface area (Å²) in [4.78, 5) is 35.4. The molecule has 2 N–H and O–H groups in total. The summed E-state index contributed by atoms with van der Waals surface area (Å²) in [5, 5.41) is 5.78. The standard InChI is InChI=1S/C38H52N8O/c1-7-46(32-12-10-31(11-13-32)43(4)5)36-22-29(28-8-9-30(40-23-28)25-45-18-16-44(6)17-19-45)21-34-33(36)14-15-39-37(34)41-24-35-26(2)20-27(3)42-38(35)47/h8-9,14-15,20-23,31-32H,7,10-13,16-19,24-25H2,1-6H3,(H,39,41)(H,42,47). The second kappa shape index (κ2) is 14.5. The minimum Gasteiger partial charge on any atom is -0.368 e. The van der Waals surface area contributed by atoms with Gasteiger partial charge in [0.25, 0.3) is 5.56 Å². The Kier molecular flexibility index (Phi) is 10.2. The number of H-pyrrole nitrogens is 1. The first-order valence-corrected chi connectivity index (χ1v) is 17.4. The summed E-state index contributed by atoms with van der Waals surface area (Å²) in [5.74, 6) is 0.789. The number of hydrogen-bond acceptors (Lipinski definition) is 8. The van der Waals surface area contributed by atoms with Crippen molar-refractivity contribution < 1.29 is 0 Å². The number of anilines is 2. The normalized spacial score (nSPS) is 19.4. The van der Waals surface area contributed by atoms with Gasteiger partial charge in [-0.15, -0.1) is 0 Å². The smallest absolute Gasteiger partial charge is 0.253 e. The highest BCUT2D eigenvalue weighted by atomic mass is 16.1. The Hall–Kier alpha value is -3.79. The molecule has 6 rings (SSSR count). The molecule has 1 saturated carbocycles. The summed E-state index contributed by atoms with van der Waals surface area (Å²) in [6.07, 6.45) is 8.71. The van der Waals surface area contributed by atoms with Crippen molar-refractivity contribution in [3.63, 3.8) is 0 Å². The van der Waals surface area contributed by atoms with Crippen LogP contribution in [-0.2, 0) is 13.1 Å².